The zero-order valence-corrected chi connectivity index (χ0v) is 16.2. The Balaban J connectivity index is 1.58. The summed E-state index contributed by atoms with van der Waals surface area (Å²) in [6.45, 7) is 1.85. The molecule has 0 radical (unpaired) electrons. The van der Waals surface area contributed by atoms with E-state index in [1.165, 1.54) is 0 Å². The highest BCUT2D eigenvalue weighted by atomic mass is 35.5. The van der Waals surface area contributed by atoms with Crippen LogP contribution in [0.5, 0.6) is 0 Å². The number of anilines is 1. The van der Waals surface area contributed by atoms with Crippen LogP contribution in [0.25, 0.3) is 0 Å². The van der Waals surface area contributed by atoms with E-state index in [2.05, 4.69) is 10.3 Å². The molecule has 1 aromatic heterocycles. The number of urea groups is 1. The van der Waals surface area contributed by atoms with Crippen molar-refractivity contribution >= 4 is 23.3 Å². The molecule has 28 heavy (non-hydrogen) atoms. The highest BCUT2D eigenvalue weighted by molar-refractivity contribution is 6.30. The molecule has 0 atom stereocenters. The first-order chi connectivity index (χ1) is 13.7. The summed E-state index contributed by atoms with van der Waals surface area (Å²) in [7, 11) is 0. The van der Waals surface area contributed by atoms with E-state index in [1.54, 1.807) is 41.6 Å². The lowest BCUT2D eigenvalue weighted by Gasteiger charge is -2.23. The lowest BCUT2D eigenvalue weighted by Crippen LogP contribution is -2.37. The molecule has 0 fully saturated rings. The largest absolute Gasteiger partial charge is 0.375 e. The van der Waals surface area contributed by atoms with Gasteiger partial charge in [0.2, 0.25) is 0 Å². The van der Waals surface area contributed by atoms with Crippen LogP contribution in [0.15, 0.2) is 79.1 Å². The third-order valence-electron chi connectivity index (χ3n) is 4.10. The molecule has 0 bridgehead atoms. The smallest absolute Gasteiger partial charge is 0.322 e. The van der Waals surface area contributed by atoms with Gasteiger partial charge < -0.3 is 15.0 Å². The van der Waals surface area contributed by atoms with Crippen LogP contribution in [0.1, 0.15) is 11.1 Å². The highest BCUT2D eigenvalue weighted by Gasteiger charge is 2.14. The van der Waals surface area contributed by atoms with Gasteiger partial charge in [0, 0.05) is 36.2 Å². The summed E-state index contributed by atoms with van der Waals surface area (Å²) in [6, 6.07) is 20.6. The quantitative estimate of drug-likeness (QED) is 0.547. The first kappa shape index (κ1) is 19.9. The molecule has 0 spiro atoms. The van der Waals surface area contributed by atoms with Crippen molar-refractivity contribution in [2.75, 3.05) is 18.5 Å². The highest BCUT2D eigenvalue weighted by Crippen LogP contribution is 2.14. The molecule has 0 saturated heterocycles. The number of benzene rings is 2. The molecule has 1 heterocycles. The Bertz CT molecular complexity index is 858. The first-order valence-electron chi connectivity index (χ1n) is 9.03. The van der Waals surface area contributed by atoms with Gasteiger partial charge in [-0.25, -0.2) is 4.79 Å². The Kier molecular flexibility index (Phi) is 7.41. The number of halogens is 1. The number of hydrogen-bond acceptors (Lipinski definition) is 3. The van der Waals surface area contributed by atoms with Crippen LogP contribution < -0.4 is 5.32 Å². The van der Waals surface area contributed by atoms with Crippen LogP contribution in [0.2, 0.25) is 5.02 Å². The van der Waals surface area contributed by atoms with Gasteiger partial charge in [-0.3, -0.25) is 4.98 Å². The van der Waals surface area contributed by atoms with Gasteiger partial charge in [-0.15, -0.1) is 0 Å². The van der Waals surface area contributed by atoms with E-state index in [0.29, 0.717) is 37.0 Å². The molecule has 5 nitrogen and oxygen atoms in total. The maximum atomic E-state index is 12.8. The molecule has 0 saturated carbocycles. The standard InChI is InChI=1S/C22H22ClN3O2/c23-20-8-10-21(11-9-20)25-22(27)26(16-19-7-4-12-24-15-19)13-14-28-17-18-5-2-1-3-6-18/h1-12,15H,13-14,16-17H2,(H,25,27). The summed E-state index contributed by atoms with van der Waals surface area (Å²) in [5.41, 5.74) is 2.75. The molecule has 2 amide bonds. The van der Waals surface area contributed by atoms with Crippen LogP contribution in [0, 0.1) is 0 Å². The molecule has 144 valence electrons. The van der Waals surface area contributed by atoms with Gasteiger partial charge in [0.25, 0.3) is 0 Å². The number of nitrogens with one attached hydrogen (secondary N) is 1. The minimum atomic E-state index is -0.200. The average Bonchev–Trinajstić information content (AvgIpc) is 2.73. The average molecular weight is 396 g/mol. The molecule has 0 aliphatic heterocycles. The van der Waals surface area contributed by atoms with Crippen molar-refractivity contribution in [3.63, 3.8) is 0 Å². The predicted octanol–water partition coefficient (Wildman–Crippen LogP) is 4.99. The van der Waals surface area contributed by atoms with Crippen LogP contribution in [0.3, 0.4) is 0 Å². The molecule has 2 aromatic carbocycles. The van der Waals surface area contributed by atoms with E-state index in [0.717, 1.165) is 11.1 Å². The molecule has 0 aliphatic carbocycles. The fraction of sp³-hybridized carbons (Fsp3) is 0.182. The number of pyridine rings is 1. The van der Waals surface area contributed by atoms with Gasteiger partial charge in [0.15, 0.2) is 0 Å². The molecule has 3 rings (SSSR count). The van der Waals surface area contributed by atoms with Gasteiger partial charge >= 0.3 is 6.03 Å². The molecule has 6 heteroatoms. The second-order valence-corrected chi connectivity index (χ2v) is 6.69. The minimum Gasteiger partial charge on any atom is -0.375 e. The first-order valence-corrected chi connectivity index (χ1v) is 9.40. The van der Waals surface area contributed by atoms with Crippen molar-refractivity contribution in [1.29, 1.82) is 0 Å². The van der Waals surface area contributed by atoms with Gasteiger partial charge in [-0.05, 0) is 41.5 Å². The number of nitrogens with zero attached hydrogens (tertiary/aromatic N) is 2. The molecule has 0 aliphatic rings. The van der Waals surface area contributed by atoms with Crippen molar-refractivity contribution in [1.82, 2.24) is 9.88 Å². The number of carbonyl (C=O) groups excluding carboxylic acids is 1. The lowest BCUT2D eigenvalue weighted by atomic mass is 10.2. The van der Waals surface area contributed by atoms with Crippen molar-refractivity contribution in [2.24, 2.45) is 0 Å². The van der Waals surface area contributed by atoms with Crippen LogP contribution in [-0.2, 0) is 17.9 Å². The number of carbonyl (C=O) groups is 1. The number of hydrogen-bond donors (Lipinski definition) is 1. The summed E-state index contributed by atoms with van der Waals surface area (Å²) in [6.07, 6.45) is 3.47. The van der Waals surface area contributed by atoms with Crippen molar-refractivity contribution < 1.29 is 9.53 Å². The number of aromatic nitrogens is 1. The zero-order chi connectivity index (χ0) is 19.6. The third-order valence-corrected chi connectivity index (χ3v) is 4.35. The Morgan fingerprint density at radius 1 is 1.00 bits per heavy atom. The summed E-state index contributed by atoms with van der Waals surface area (Å²) < 4.78 is 5.75. The topological polar surface area (TPSA) is 54.5 Å². The lowest BCUT2D eigenvalue weighted by molar-refractivity contribution is 0.0994. The van der Waals surface area contributed by atoms with E-state index >= 15 is 0 Å². The van der Waals surface area contributed by atoms with Crippen LogP contribution in [-0.4, -0.2) is 29.1 Å². The maximum absolute atomic E-state index is 12.8. The van der Waals surface area contributed by atoms with Crippen molar-refractivity contribution in [3.05, 3.63) is 95.3 Å². The summed E-state index contributed by atoms with van der Waals surface area (Å²) in [5.74, 6) is 0. The second-order valence-electron chi connectivity index (χ2n) is 6.26. The number of ether oxygens (including phenoxy) is 1. The Hall–Kier alpha value is -2.89. The summed E-state index contributed by atoms with van der Waals surface area (Å²) in [4.78, 5) is 18.6. The molecular weight excluding hydrogens is 374 g/mol. The SMILES string of the molecule is O=C(Nc1ccc(Cl)cc1)N(CCOCc1ccccc1)Cc1cccnc1. The Morgan fingerprint density at radius 2 is 1.75 bits per heavy atom. The molecule has 0 unspecified atom stereocenters. The summed E-state index contributed by atoms with van der Waals surface area (Å²) in [5, 5.41) is 3.53. The Morgan fingerprint density at radius 3 is 2.46 bits per heavy atom. The van der Waals surface area contributed by atoms with E-state index < -0.39 is 0 Å². The predicted molar refractivity (Wildman–Crippen MR) is 111 cm³/mol. The molecule has 1 N–H and O–H groups in total. The second kappa shape index (κ2) is 10.4. The Labute approximate surface area is 169 Å². The van der Waals surface area contributed by atoms with E-state index in [-0.39, 0.29) is 6.03 Å². The fourth-order valence-corrected chi connectivity index (χ4v) is 2.77. The van der Waals surface area contributed by atoms with Crippen LogP contribution in [0.4, 0.5) is 10.5 Å². The maximum Gasteiger partial charge on any atom is 0.322 e. The number of rotatable bonds is 8. The van der Waals surface area contributed by atoms with E-state index in [1.807, 2.05) is 42.5 Å². The summed E-state index contributed by atoms with van der Waals surface area (Å²) >= 11 is 5.91. The fourth-order valence-electron chi connectivity index (χ4n) is 2.64. The van der Waals surface area contributed by atoms with Crippen LogP contribution >= 0.6 is 11.6 Å². The minimum absolute atomic E-state index is 0.200. The van der Waals surface area contributed by atoms with E-state index in [4.69, 9.17) is 16.3 Å². The molecular formula is C22H22ClN3O2. The normalized spacial score (nSPS) is 10.5. The van der Waals surface area contributed by atoms with E-state index in [9.17, 15) is 4.79 Å². The third kappa shape index (κ3) is 6.37. The number of amides is 2. The van der Waals surface area contributed by atoms with Crippen molar-refractivity contribution in [3.8, 4) is 0 Å². The zero-order valence-electron chi connectivity index (χ0n) is 15.4. The van der Waals surface area contributed by atoms with Gasteiger partial charge in [-0.2, -0.15) is 0 Å². The molecule has 3 aromatic rings. The van der Waals surface area contributed by atoms with Gasteiger partial charge in [-0.1, -0.05) is 48.0 Å². The van der Waals surface area contributed by atoms with Crippen molar-refractivity contribution in [2.45, 2.75) is 13.2 Å². The van der Waals surface area contributed by atoms with Gasteiger partial charge in [0.1, 0.15) is 0 Å². The monoisotopic (exact) mass is 395 g/mol. The van der Waals surface area contributed by atoms with Gasteiger partial charge in [0.05, 0.1) is 13.2 Å².